The molecule has 39 heavy (non-hydrogen) atoms. The maximum absolute atomic E-state index is 6.11. The van der Waals surface area contributed by atoms with E-state index in [9.17, 15) is 0 Å². The molecule has 1 aliphatic rings. The Morgan fingerprint density at radius 1 is 0.462 bits per heavy atom. The number of fused-ring (bicyclic) bond motifs is 3. The highest BCUT2D eigenvalue weighted by molar-refractivity contribution is 5.86. The van der Waals surface area contributed by atoms with Gasteiger partial charge in [-0.15, -0.1) is 0 Å². The first-order valence-corrected chi connectivity index (χ1v) is 14.9. The van der Waals surface area contributed by atoms with Gasteiger partial charge in [0.1, 0.15) is 11.5 Å². The molecule has 0 heterocycles. The van der Waals surface area contributed by atoms with Crippen molar-refractivity contribution in [3.63, 3.8) is 0 Å². The summed E-state index contributed by atoms with van der Waals surface area (Å²) in [7, 11) is 0. The lowest BCUT2D eigenvalue weighted by molar-refractivity contribution is 0.305. The zero-order valence-corrected chi connectivity index (χ0v) is 23.6. The van der Waals surface area contributed by atoms with Crippen molar-refractivity contribution in [2.75, 3.05) is 13.2 Å². The van der Waals surface area contributed by atoms with Gasteiger partial charge >= 0.3 is 0 Å². The summed E-state index contributed by atoms with van der Waals surface area (Å²) in [5.41, 5.74) is 7.38. The minimum absolute atomic E-state index is 0.396. The van der Waals surface area contributed by atoms with Crippen molar-refractivity contribution < 1.29 is 9.47 Å². The van der Waals surface area contributed by atoms with E-state index in [1.807, 2.05) is 0 Å². The largest absolute Gasteiger partial charge is 0.494 e. The fourth-order valence-corrected chi connectivity index (χ4v) is 6.06. The highest BCUT2D eigenvalue weighted by atomic mass is 16.5. The average Bonchev–Trinajstić information content (AvgIpc) is 3.29. The zero-order valence-electron chi connectivity index (χ0n) is 23.6. The lowest BCUT2D eigenvalue weighted by Gasteiger charge is -2.34. The third kappa shape index (κ3) is 5.62. The van der Waals surface area contributed by atoms with E-state index in [0.717, 1.165) is 37.6 Å². The van der Waals surface area contributed by atoms with Gasteiger partial charge in [0, 0.05) is 0 Å². The second-order valence-corrected chi connectivity index (χ2v) is 10.7. The summed E-state index contributed by atoms with van der Waals surface area (Å²) >= 11 is 0. The molecule has 0 N–H and O–H groups in total. The molecule has 1 aliphatic carbocycles. The molecule has 0 atom stereocenters. The second-order valence-electron chi connectivity index (χ2n) is 10.7. The van der Waals surface area contributed by atoms with Crippen molar-refractivity contribution in [3.8, 4) is 22.6 Å². The molecule has 0 aromatic heterocycles. The van der Waals surface area contributed by atoms with Crippen LogP contribution in [-0.2, 0) is 5.41 Å². The normalized spacial score (nSPS) is 13.1. The lowest BCUT2D eigenvalue weighted by Crippen LogP contribution is -2.28. The molecule has 4 aromatic carbocycles. The number of unbranched alkanes of at least 4 members (excludes halogenated alkanes) is 6. The highest BCUT2D eigenvalue weighted by Gasteiger charge is 2.45. The summed E-state index contributed by atoms with van der Waals surface area (Å²) in [6, 6.07) is 35.4. The predicted molar refractivity (Wildman–Crippen MR) is 163 cm³/mol. The summed E-state index contributed by atoms with van der Waals surface area (Å²) < 4.78 is 12.2. The molecule has 0 radical (unpaired) electrons. The number of hydrogen-bond donors (Lipinski definition) is 0. The van der Waals surface area contributed by atoms with Crippen molar-refractivity contribution >= 4 is 0 Å². The lowest BCUT2D eigenvalue weighted by atomic mass is 9.68. The van der Waals surface area contributed by atoms with Crippen LogP contribution in [0.15, 0.2) is 97.1 Å². The Bertz CT molecular complexity index is 1220. The van der Waals surface area contributed by atoms with E-state index in [1.54, 1.807) is 0 Å². The molecule has 202 valence electrons. The maximum Gasteiger partial charge on any atom is 0.119 e. The number of hydrogen-bond acceptors (Lipinski definition) is 2. The Hall–Kier alpha value is -3.52. The minimum atomic E-state index is -0.396. The minimum Gasteiger partial charge on any atom is -0.494 e. The molecule has 0 saturated carbocycles. The molecule has 0 spiro atoms. The molecule has 0 amide bonds. The number of benzene rings is 4. The van der Waals surface area contributed by atoms with Crippen LogP contribution in [0.4, 0.5) is 0 Å². The molecule has 2 nitrogen and oxygen atoms in total. The molecule has 2 heteroatoms. The van der Waals surface area contributed by atoms with Gasteiger partial charge in [-0.2, -0.15) is 0 Å². The smallest absolute Gasteiger partial charge is 0.119 e. The standard InChI is InChI=1S/C37H42O2/c1-3-5-7-13-27-38-31-23-19-29(20-24-31)37(30-21-25-32(26-22-30)39-28-14-8-6-4-2)35-17-11-9-15-33(35)34-16-10-12-18-36(34)37/h9-12,15-26H,3-8,13-14,27-28H2,1-2H3. The van der Waals surface area contributed by atoms with Crippen molar-refractivity contribution in [2.24, 2.45) is 0 Å². The molecule has 4 aromatic rings. The quantitative estimate of drug-likeness (QED) is 0.136. The van der Waals surface area contributed by atoms with Crippen LogP contribution in [-0.4, -0.2) is 13.2 Å². The van der Waals surface area contributed by atoms with Crippen LogP contribution in [0, 0.1) is 0 Å². The van der Waals surface area contributed by atoms with Gasteiger partial charge in [0.15, 0.2) is 0 Å². The van der Waals surface area contributed by atoms with E-state index in [2.05, 4.69) is 111 Å². The van der Waals surface area contributed by atoms with Gasteiger partial charge in [-0.1, -0.05) is 125 Å². The SMILES string of the molecule is CCCCCCOc1ccc(C2(c3ccc(OCCCCCC)cc3)c3ccccc3-c3ccccc32)cc1. The van der Waals surface area contributed by atoms with E-state index in [1.165, 1.54) is 71.9 Å². The molecule has 0 fully saturated rings. The first-order valence-electron chi connectivity index (χ1n) is 14.9. The summed E-state index contributed by atoms with van der Waals surface area (Å²) in [6.07, 6.45) is 9.68. The fraction of sp³-hybridized carbons (Fsp3) is 0.351. The Balaban J connectivity index is 1.50. The first kappa shape index (κ1) is 27.1. The molecule has 0 aliphatic heterocycles. The topological polar surface area (TPSA) is 18.5 Å². The van der Waals surface area contributed by atoms with Gasteiger partial charge in [0.2, 0.25) is 0 Å². The van der Waals surface area contributed by atoms with Crippen LogP contribution in [0.1, 0.15) is 87.5 Å². The van der Waals surface area contributed by atoms with Gasteiger partial charge in [-0.3, -0.25) is 0 Å². The predicted octanol–water partition coefficient (Wildman–Crippen LogP) is 9.97. The number of rotatable bonds is 14. The Kier molecular flexibility index (Phi) is 9.04. The van der Waals surface area contributed by atoms with Crippen molar-refractivity contribution in [3.05, 3.63) is 119 Å². The van der Waals surface area contributed by atoms with Crippen LogP contribution in [0.2, 0.25) is 0 Å². The van der Waals surface area contributed by atoms with Crippen LogP contribution in [0.25, 0.3) is 11.1 Å². The fourth-order valence-electron chi connectivity index (χ4n) is 6.06. The molecule has 0 unspecified atom stereocenters. The molecular weight excluding hydrogens is 476 g/mol. The molecule has 0 saturated heterocycles. The Morgan fingerprint density at radius 3 is 1.28 bits per heavy atom. The summed E-state index contributed by atoms with van der Waals surface area (Å²) in [6.45, 7) is 6.03. The van der Waals surface area contributed by atoms with Gasteiger partial charge in [-0.05, 0) is 70.5 Å². The summed E-state index contributed by atoms with van der Waals surface area (Å²) in [5.74, 6) is 1.88. The monoisotopic (exact) mass is 518 g/mol. The second kappa shape index (κ2) is 13.0. The zero-order chi connectivity index (χ0) is 26.9. The highest BCUT2D eigenvalue weighted by Crippen LogP contribution is 2.56. The first-order chi connectivity index (χ1) is 19.3. The van der Waals surface area contributed by atoms with Crippen molar-refractivity contribution in [1.29, 1.82) is 0 Å². The molecular formula is C37H42O2. The molecule has 0 bridgehead atoms. The molecule has 5 rings (SSSR count). The maximum atomic E-state index is 6.11. The van der Waals surface area contributed by atoms with E-state index in [0.29, 0.717) is 0 Å². The van der Waals surface area contributed by atoms with Crippen molar-refractivity contribution in [2.45, 2.75) is 70.6 Å². The van der Waals surface area contributed by atoms with E-state index in [4.69, 9.17) is 9.47 Å². The van der Waals surface area contributed by atoms with E-state index in [-0.39, 0.29) is 0 Å². The summed E-state index contributed by atoms with van der Waals surface area (Å²) in [4.78, 5) is 0. The number of ether oxygens (including phenoxy) is 2. The van der Waals surface area contributed by atoms with E-state index >= 15 is 0 Å². The third-order valence-electron chi connectivity index (χ3n) is 8.06. The van der Waals surface area contributed by atoms with Gasteiger partial charge in [0.25, 0.3) is 0 Å². The van der Waals surface area contributed by atoms with Gasteiger partial charge in [0.05, 0.1) is 18.6 Å². The Labute approximate surface area is 235 Å². The third-order valence-corrected chi connectivity index (χ3v) is 8.06. The van der Waals surface area contributed by atoms with Crippen LogP contribution < -0.4 is 9.47 Å². The summed E-state index contributed by atoms with van der Waals surface area (Å²) in [5, 5.41) is 0. The van der Waals surface area contributed by atoms with Gasteiger partial charge < -0.3 is 9.47 Å². The Morgan fingerprint density at radius 2 is 0.872 bits per heavy atom. The van der Waals surface area contributed by atoms with Crippen LogP contribution >= 0.6 is 0 Å². The van der Waals surface area contributed by atoms with Crippen molar-refractivity contribution in [1.82, 2.24) is 0 Å². The average molecular weight is 519 g/mol. The van der Waals surface area contributed by atoms with Gasteiger partial charge in [-0.25, -0.2) is 0 Å². The van der Waals surface area contributed by atoms with E-state index < -0.39 is 5.41 Å². The van der Waals surface area contributed by atoms with Crippen LogP contribution in [0.3, 0.4) is 0 Å². The van der Waals surface area contributed by atoms with Crippen LogP contribution in [0.5, 0.6) is 11.5 Å².